The van der Waals surface area contributed by atoms with E-state index >= 15 is 0 Å². The van der Waals surface area contributed by atoms with Gasteiger partial charge in [0.1, 0.15) is 0 Å². The molecule has 1 heterocycles. The van der Waals surface area contributed by atoms with Gasteiger partial charge >= 0.3 is 0 Å². The lowest BCUT2D eigenvalue weighted by atomic mass is 9.57. The summed E-state index contributed by atoms with van der Waals surface area (Å²) in [5.74, 6) is 4.02. The molecule has 1 nitrogen and oxygen atoms in total. The van der Waals surface area contributed by atoms with Crippen LogP contribution >= 0.6 is 0 Å². The van der Waals surface area contributed by atoms with E-state index in [1.165, 1.54) is 25.9 Å². The Morgan fingerprint density at radius 1 is 1.07 bits per heavy atom. The van der Waals surface area contributed by atoms with Crippen LogP contribution in [0.25, 0.3) is 0 Å². The zero-order chi connectivity index (χ0) is 10.3. The average molecular weight is 195 g/mol. The summed E-state index contributed by atoms with van der Waals surface area (Å²) >= 11 is 0. The number of hydrogen-bond acceptors (Lipinski definition) is 1. The van der Waals surface area contributed by atoms with Crippen LogP contribution in [-0.2, 0) is 0 Å². The molecule has 1 aliphatic carbocycles. The summed E-state index contributed by atoms with van der Waals surface area (Å²) in [6, 6.07) is 0.747. The second-order valence-electron chi connectivity index (χ2n) is 5.78. The van der Waals surface area contributed by atoms with Gasteiger partial charge in [-0.25, -0.2) is 0 Å². The first-order valence-electron chi connectivity index (χ1n) is 6.35. The lowest BCUT2D eigenvalue weighted by Gasteiger charge is -2.50. The second kappa shape index (κ2) is 3.84. The van der Waals surface area contributed by atoms with E-state index in [0.29, 0.717) is 0 Å². The molecule has 1 heteroatoms. The van der Waals surface area contributed by atoms with E-state index in [4.69, 9.17) is 0 Å². The predicted octanol–water partition coefficient (Wildman–Crippen LogP) is 3.01. The van der Waals surface area contributed by atoms with E-state index in [1.807, 2.05) is 0 Å². The minimum Gasteiger partial charge on any atom is -0.301 e. The van der Waals surface area contributed by atoms with Crippen LogP contribution in [0, 0.1) is 23.7 Å². The van der Waals surface area contributed by atoms with E-state index in [-0.39, 0.29) is 0 Å². The van der Waals surface area contributed by atoms with Gasteiger partial charge in [0.25, 0.3) is 0 Å². The molecule has 0 aromatic carbocycles. The maximum Gasteiger partial charge on any atom is 0.00387 e. The van der Waals surface area contributed by atoms with Gasteiger partial charge in [0.05, 0.1) is 0 Å². The van der Waals surface area contributed by atoms with E-state index in [1.54, 1.807) is 0 Å². The standard InChI is InChI=1S/C13H25N/c1-9(2)14-7-5-6-12-10(3)11(4)13(12)8-14/h9-13H,5-8H2,1-4H3. The summed E-state index contributed by atoms with van der Waals surface area (Å²) in [4.78, 5) is 2.69. The number of likely N-dealkylation sites (tertiary alicyclic amines) is 1. The van der Waals surface area contributed by atoms with Crippen molar-refractivity contribution in [2.45, 2.75) is 46.6 Å². The molecular formula is C13H25N. The minimum atomic E-state index is 0.747. The van der Waals surface area contributed by atoms with Crippen LogP contribution in [-0.4, -0.2) is 24.0 Å². The number of fused-ring (bicyclic) bond motifs is 1. The number of rotatable bonds is 1. The predicted molar refractivity (Wildman–Crippen MR) is 61.3 cm³/mol. The molecule has 0 bridgehead atoms. The van der Waals surface area contributed by atoms with Crippen molar-refractivity contribution in [2.75, 3.05) is 13.1 Å². The molecule has 82 valence electrons. The van der Waals surface area contributed by atoms with Gasteiger partial charge in [-0.3, -0.25) is 0 Å². The zero-order valence-electron chi connectivity index (χ0n) is 10.2. The van der Waals surface area contributed by atoms with Crippen molar-refractivity contribution in [2.24, 2.45) is 23.7 Å². The van der Waals surface area contributed by atoms with Crippen molar-refractivity contribution in [1.82, 2.24) is 4.90 Å². The molecule has 0 aromatic heterocycles. The Labute approximate surface area is 88.9 Å². The Kier molecular flexibility index (Phi) is 2.88. The third-order valence-corrected chi connectivity index (χ3v) is 4.89. The Hall–Kier alpha value is -0.0400. The first-order chi connectivity index (χ1) is 6.61. The van der Waals surface area contributed by atoms with Gasteiger partial charge in [-0.1, -0.05) is 13.8 Å². The van der Waals surface area contributed by atoms with Crippen LogP contribution in [0.2, 0.25) is 0 Å². The third kappa shape index (κ3) is 1.60. The summed E-state index contributed by atoms with van der Waals surface area (Å²) in [7, 11) is 0. The van der Waals surface area contributed by atoms with E-state index in [9.17, 15) is 0 Å². The van der Waals surface area contributed by atoms with Crippen LogP contribution < -0.4 is 0 Å². The molecule has 4 unspecified atom stereocenters. The van der Waals surface area contributed by atoms with Gasteiger partial charge in [-0.05, 0) is 56.9 Å². The molecule has 1 saturated carbocycles. The van der Waals surface area contributed by atoms with Gasteiger partial charge < -0.3 is 4.90 Å². The molecule has 0 aromatic rings. The number of hydrogen-bond donors (Lipinski definition) is 0. The van der Waals surface area contributed by atoms with Gasteiger partial charge in [0.2, 0.25) is 0 Å². The quantitative estimate of drug-likeness (QED) is 0.621. The smallest absolute Gasteiger partial charge is 0.00387 e. The Balaban J connectivity index is 2.00. The van der Waals surface area contributed by atoms with Crippen LogP contribution in [0.5, 0.6) is 0 Å². The number of nitrogens with zero attached hydrogens (tertiary/aromatic N) is 1. The Bertz CT molecular complexity index is 199. The van der Waals surface area contributed by atoms with Crippen LogP contribution in [0.3, 0.4) is 0 Å². The molecule has 0 amide bonds. The van der Waals surface area contributed by atoms with Crippen LogP contribution in [0.4, 0.5) is 0 Å². The third-order valence-electron chi connectivity index (χ3n) is 4.89. The molecule has 1 saturated heterocycles. The SMILES string of the molecule is CC1C(C)C2CN(C(C)C)CCCC12. The topological polar surface area (TPSA) is 3.24 Å². The molecule has 14 heavy (non-hydrogen) atoms. The highest BCUT2D eigenvalue weighted by Gasteiger charge is 2.46. The first-order valence-corrected chi connectivity index (χ1v) is 6.35. The maximum atomic E-state index is 2.69. The lowest BCUT2D eigenvalue weighted by Crippen LogP contribution is -2.48. The van der Waals surface area contributed by atoms with Crippen molar-refractivity contribution in [1.29, 1.82) is 0 Å². The summed E-state index contributed by atoms with van der Waals surface area (Å²) in [6.45, 7) is 12.3. The molecule has 4 atom stereocenters. The van der Waals surface area contributed by atoms with Crippen molar-refractivity contribution in [3.05, 3.63) is 0 Å². The lowest BCUT2D eigenvalue weighted by molar-refractivity contribution is -0.0137. The Morgan fingerprint density at radius 2 is 1.71 bits per heavy atom. The summed E-state index contributed by atoms with van der Waals surface area (Å²) in [5.41, 5.74) is 0. The van der Waals surface area contributed by atoms with E-state index < -0.39 is 0 Å². The molecular weight excluding hydrogens is 170 g/mol. The maximum absolute atomic E-state index is 2.69. The normalized spacial score (nSPS) is 44.4. The summed E-state index contributed by atoms with van der Waals surface area (Å²) in [6.07, 6.45) is 2.91. The molecule has 2 aliphatic rings. The average Bonchev–Trinajstić information content (AvgIpc) is 2.36. The van der Waals surface area contributed by atoms with Crippen molar-refractivity contribution in [3.63, 3.8) is 0 Å². The molecule has 2 fully saturated rings. The van der Waals surface area contributed by atoms with Gasteiger partial charge in [0.15, 0.2) is 0 Å². The first kappa shape index (κ1) is 10.5. The van der Waals surface area contributed by atoms with Gasteiger partial charge in [-0.15, -0.1) is 0 Å². The molecule has 1 aliphatic heterocycles. The molecule has 0 spiro atoms. The zero-order valence-corrected chi connectivity index (χ0v) is 10.2. The fourth-order valence-electron chi connectivity index (χ4n) is 3.55. The summed E-state index contributed by atoms with van der Waals surface area (Å²) in [5, 5.41) is 0. The molecule has 0 radical (unpaired) electrons. The van der Waals surface area contributed by atoms with Crippen molar-refractivity contribution >= 4 is 0 Å². The fourth-order valence-corrected chi connectivity index (χ4v) is 3.55. The fraction of sp³-hybridized carbons (Fsp3) is 1.00. The molecule has 0 N–H and O–H groups in total. The van der Waals surface area contributed by atoms with E-state index in [0.717, 1.165) is 29.7 Å². The Morgan fingerprint density at radius 3 is 2.36 bits per heavy atom. The van der Waals surface area contributed by atoms with Crippen molar-refractivity contribution < 1.29 is 0 Å². The minimum absolute atomic E-state index is 0.747. The highest BCUT2D eigenvalue weighted by Crippen LogP contribution is 2.49. The van der Waals surface area contributed by atoms with Crippen LogP contribution in [0.15, 0.2) is 0 Å². The highest BCUT2D eigenvalue weighted by atomic mass is 15.2. The van der Waals surface area contributed by atoms with E-state index in [2.05, 4.69) is 32.6 Å². The van der Waals surface area contributed by atoms with Crippen molar-refractivity contribution in [3.8, 4) is 0 Å². The van der Waals surface area contributed by atoms with Crippen LogP contribution in [0.1, 0.15) is 40.5 Å². The second-order valence-corrected chi connectivity index (χ2v) is 5.78. The van der Waals surface area contributed by atoms with Gasteiger partial charge in [-0.2, -0.15) is 0 Å². The summed E-state index contributed by atoms with van der Waals surface area (Å²) < 4.78 is 0. The monoisotopic (exact) mass is 195 g/mol. The van der Waals surface area contributed by atoms with Gasteiger partial charge in [0, 0.05) is 12.6 Å². The molecule has 2 rings (SSSR count). The highest BCUT2D eigenvalue weighted by molar-refractivity contribution is 4.95. The largest absolute Gasteiger partial charge is 0.301 e.